The zero-order valence-corrected chi connectivity index (χ0v) is 13.4. The molecule has 1 saturated heterocycles. The van der Waals surface area contributed by atoms with E-state index in [1.54, 1.807) is 12.1 Å². The summed E-state index contributed by atoms with van der Waals surface area (Å²) in [5, 5.41) is 2.77. The molecule has 7 heteroatoms. The van der Waals surface area contributed by atoms with Gasteiger partial charge in [-0.05, 0) is 37.1 Å². The van der Waals surface area contributed by atoms with Crippen LogP contribution in [0.15, 0.2) is 24.3 Å². The van der Waals surface area contributed by atoms with Crippen LogP contribution in [0.3, 0.4) is 0 Å². The molecule has 1 N–H and O–H groups in total. The Balaban J connectivity index is 1.71. The van der Waals surface area contributed by atoms with E-state index in [-0.39, 0.29) is 35.7 Å². The zero-order chi connectivity index (χ0) is 16.2. The molecule has 0 bridgehead atoms. The molecule has 0 aliphatic carbocycles. The van der Waals surface area contributed by atoms with Gasteiger partial charge in [-0.1, -0.05) is 12.1 Å². The van der Waals surface area contributed by atoms with Gasteiger partial charge in [0, 0.05) is 13.1 Å². The van der Waals surface area contributed by atoms with Crippen LogP contribution >= 0.6 is 0 Å². The first-order valence-corrected chi connectivity index (χ1v) is 9.06. The Kier molecular flexibility index (Phi) is 5.52. The molecule has 1 amide bonds. The predicted molar refractivity (Wildman–Crippen MR) is 82.5 cm³/mol. The normalized spacial score (nSPS) is 20.2. The third-order valence-corrected chi connectivity index (χ3v) is 5.55. The number of likely N-dealkylation sites (N-methyl/N-ethyl adjacent to an activating group) is 1. The van der Waals surface area contributed by atoms with E-state index in [1.807, 2.05) is 11.9 Å². The number of amides is 1. The van der Waals surface area contributed by atoms with Crippen molar-refractivity contribution in [2.24, 2.45) is 5.92 Å². The van der Waals surface area contributed by atoms with Crippen LogP contribution < -0.4 is 5.32 Å². The van der Waals surface area contributed by atoms with Gasteiger partial charge in [0.05, 0.1) is 18.1 Å². The molecule has 0 aromatic heterocycles. The molecule has 1 aromatic rings. The summed E-state index contributed by atoms with van der Waals surface area (Å²) in [4.78, 5) is 13.7. The van der Waals surface area contributed by atoms with E-state index in [0.717, 1.165) is 5.56 Å². The Labute approximate surface area is 130 Å². The highest BCUT2D eigenvalue weighted by Crippen LogP contribution is 2.18. The molecule has 2 rings (SSSR count). The maximum Gasteiger partial charge on any atom is 0.234 e. The van der Waals surface area contributed by atoms with E-state index in [0.29, 0.717) is 19.5 Å². The van der Waals surface area contributed by atoms with Crippen LogP contribution in [0.4, 0.5) is 4.39 Å². The lowest BCUT2D eigenvalue weighted by molar-refractivity contribution is -0.122. The maximum absolute atomic E-state index is 12.8. The van der Waals surface area contributed by atoms with Crippen LogP contribution in [0.1, 0.15) is 12.0 Å². The second-order valence-corrected chi connectivity index (χ2v) is 8.10. The molecule has 0 spiro atoms. The molecule has 5 nitrogen and oxygen atoms in total. The van der Waals surface area contributed by atoms with Crippen LogP contribution in [0.2, 0.25) is 0 Å². The maximum atomic E-state index is 12.8. The molecule has 0 radical (unpaired) electrons. The van der Waals surface area contributed by atoms with E-state index < -0.39 is 9.84 Å². The fourth-order valence-corrected chi connectivity index (χ4v) is 4.47. The predicted octanol–water partition coefficient (Wildman–Crippen LogP) is 0.808. The van der Waals surface area contributed by atoms with Crippen molar-refractivity contribution in [3.05, 3.63) is 35.6 Å². The highest BCUT2D eigenvalue weighted by atomic mass is 32.2. The second-order valence-electron chi connectivity index (χ2n) is 5.87. The van der Waals surface area contributed by atoms with Crippen LogP contribution in [0.5, 0.6) is 0 Å². The van der Waals surface area contributed by atoms with E-state index in [1.165, 1.54) is 12.1 Å². The van der Waals surface area contributed by atoms with E-state index >= 15 is 0 Å². The summed E-state index contributed by atoms with van der Waals surface area (Å²) in [6, 6.07) is 5.97. The monoisotopic (exact) mass is 328 g/mol. The lowest BCUT2D eigenvalue weighted by atomic mass is 10.1. The fraction of sp³-hybridized carbons (Fsp3) is 0.533. The molecule has 22 heavy (non-hydrogen) atoms. The molecular weight excluding hydrogens is 307 g/mol. The number of carbonyl (C=O) groups excluding carboxylic acids is 1. The van der Waals surface area contributed by atoms with Crippen molar-refractivity contribution in [3.63, 3.8) is 0 Å². The molecule has 1 atom stereocenters. The molecule has 1 aliphatic heterocycles. The highest BCUT2D eigenvalue weighted by molar-refractivity contribution is 7.91. The average Bonchev–Trinajstić information content (AvgIpc) is 2.77. The number of rotatable bonds is 6. The fourth-order valence-electron chi connectivity index (χ4n) is 2.63. The zero-order valence-electron chi connectivity index (χ0n) is 12.6. The number of nitrogens with zero attached hydrogens (tertiary/aromatic N) is 1. The third kappa shape index (κ3) is 5.38. The summed E-state index contributed by atoms with van der Waals surface area (Å²) >= 11 is 0. The largest absolute Gasteiger partial charge is 0.351 e. The van der Waals surface area contributed by atoms with E-state index in [9.17, 15) is 17.6 Å². The second kappa shape index (κ2) is 7.19. The van der Waals surface area contributed by atoms with Crippen LogP contribution in [0, 0.1) is 11.7 Å². The van der Waals surface area contributed by atoms with Crippen molar-refractivity contribution in [3.8, 4) is 0 Å². The van der Waals surface area contributed by atoms with Gasteiger partial charge < -0.3 is 5.32 Å². The van der Waals surface area contributed by atoms with Crippen LogP contribution in [-0.2, 0) is 21.2 Å². The van der Waals surface area contributed by atoms with Gasteiger partial charge in [0.15, 0.2) is 9.84 Å². The Bertz CT molecular complexity index is 616. The minimum absolute atomic E-state index is 0.111. The summed E-state index contributed by atoms with van der Waals surface area (Å²) < 4.78 is 35.6. The lowest BCUT2D eigenvalue weighted by Crippen LogP contribution is -2.37. The minimum Gasteiger partial charge on any atom is -0.351 e. The lowest BCUT2D eigenvalue weighted by Gasteiger charge is -2.19. The highest BCUT2D eigenvalue weighted by Gasteiger charge is 2.28. The molecule has 1 aliphatic rings. The molecule has 1 fully saturated rings. The SMILES string of the molecule is CN(CC(=O)NCc1ccc(F)cc1)CC1CCS(=O)(=O)C1. The Morgan fingerprint density at radius 2 is 2.05 bits per heavy atom. The third-order valence-electron chi connectivity index (χ3n) is 3.71. The number of hydrogen-bond acceptors (Lipinski definition) is 4. The quantitative estimate of drug-likeness (QED) is 0.839. The van der Waals surface area contributed by atoms with Gasteiger partial charge in [-0.2, -0.15) is 0 Å². The summed E-state index contributed by atoms with van der Waals surface area (Å²) in [5.41, 5.74) is 0.833. The van der Waals surface area contributed by atoms with Crippen molar-refractivity contribution in [2.75, 3.05) is 31.6 Å². The Hall–Kier alpha value is -1.47. The molecule has 0 saturated carbocycles. The Morgan fingerprint density at radius 3 is 2.64 bits per heavy atom. The van der Waals surface area contributed by atoms with Gasteiger partial charge in [-0.25, -0.2) is 12.8 Å². The Morgan fingerprint density at radius 1 is 1.36 bits per heavy atom. The molecule has 1 heterocycles. The number of hydrogen-bond donors (Lipinski definition) is 1. The van der Waals surface area contributed by atoms with Crippen LogP contribution in [0.25, 0.3) is 0 Å². The topological polar surface area (TPSA) is 66.5 Å². The van der Waals surface area contributed by atoms with Crippen LogP contribution in [-0.4, -0.2) is 50.9 Å². The first kappa shape index (κ1) is 16.9. The standard InChI is InChI=1S/C15H21FN2O3S/c1-18(9-13-6-7-22(20,21)11-13)10-15(19)17-8-12-2-4-14(16)5-3-12/h2-5,13H,6-11H2,1H3,(H,17,19). The average molecular weight is 328 g/mol. The van der Waals surface area contributed by atoms with Crippen molar-refractivity contribution in [2.45, 2.75) is 13.0 Å². The summed E-state index contributed by atoms with van der Waals surface area (Å²) in [6.07, 6.45) is 0.671. The number of nitrogens with one attached hydrogen (secondary N) is 1. The smallest absolute Gasteiger partial charge is 0.234 e. The first-order chi connectivity index (χ1) is 10.3. The van der Waals surface area contributed by atoms with Crippen molar-refractivity contribution in [1.82, 2.24) is 10.2 Å². The number of carbonyl (C=O) groups is 1. The van der Waals surface area contributed by atoms with Gasteiger partial charge in [-0.15, -0.1) is 0 Å². The summed E-state index contributed by atoms with van der Waals surface area (Å²) in [6.45, 7) is 1.17. The number of sulfone groups is 1. The number of halogens is 1. The van der Waals surface area contributed by atoms with Crippen molar-refractivity contribution < 1.29 is 17.6 Å². The number of benzene rings is 1. The van der Waals surface area contributed by atoms with Gasteiger partial charge in [0.25, 0.3) is 0 Å². The molecular formula is C15H21FN2O3S. The summed E-state index contributed by atoms with van der Waals surface area (Å²) in [5.74, 6) is 0.144. The van der Waals surface area contributed by atoms with Crippen molar-refractivity contribution >= 4 is 15.7 Å². The molecule has 1 unspecified atom stereocenters. The van der Waals surface area contributed by atoms with Crippen molar-refractivity contribution in [1.29, 1.82) is 0 Å². The summed E-state index contributed by atoms with van der Waals surface area (Å²) in [7, 11) is -1.07. The van der Waals surface area contributed by atoms with Gasteiger partial charge in [0.2, 0.25) is 5.91 Å². The van der Waals surface area contributed by atoms with Gasteiger partial charge in [-0.3, -0.25) is 9.69 Å². The molecule has 122 valence electrons. The van der Waals surface area contributed by atoms with E-state index in [2.05, 4.69) is 5.32 Å². The van der Waals surface area contributed by atoms with Gasteiger partial charge in [0.1, 0.15) is 5.82 Å². The first-order valence-electron chi connectivity index (χ1n) is 7.24. The van der Waals surface area contributed by atoms with E-state index in [4.69, 9.17) is 0 Å². The minimum atomic E-state index is -2.88. The molecule has 1 aromatic carbocycles. The van der Waals surface area contributed by atoms with Gasteiger partial charge >= 0.3 is 0 Å².